The maximum atomic E-state index is 9.63. The average molecular weight is 114 g/mol. The van der Waals surface area contributed by atoms with Gasteiger partial charge in [0.25, 0.3) is 6.47 Å². The van der Waals surface area contributed by atoms with Crippen LogP contribution in [0.3, 0.4) is 0 Å². The van der Waals surface area contributed by atoms with Crippen LogP contribution in [0.1, 0.15) is 6.42 Å². The summed E-state index contributed by atoms with van der Waals surface area (Å²) in [6.45, 7) is 0.387. The van der Waals surface area contributed by atoms with Gasteiger partial charge in [-0.3, -0.25) is 4.79 Å². The molecule has 0 aromatic heterocycles. The van der Waals surface area contributed by atoms with Crippen LogP contribution >= 0.6 is 0 Å². The molecule has 8 heavy (non-hydrogen) atoms. The molecule has 0 amide bonds. The molecule has 1 rings (SSSR count). The molecule has 0 saturated carbocycles. The summed E-state index contributed by atoms with van der Waals surface area (Å²) in [6, 6.07) is 0. The van der Waals surface area contributed by atoms with Crippen molar-refractivity contribution in [3.05, 3.63) is 12.3 Å². The highest BCUT2D eigenvalue weighted by Gasteiger charge is 2.09. The first-order valence-corrected chi connectivity index (χ1v) is 2.33. The van der Waals surface area contributed by atoms with Crippen LogP contribution in [0.5, 0.6) is 0 Å². The summed E-state index contributed by atoms with van der Waals surface area (Å²) in [5, 5.41) is 0. The van der Waals surface area contributed by atoms with Gasteiger partial charge >= 0.3 is 0 Å². The minimum absolute atomic E-state index is 0.368. The Bertz CT molecular complexity index is 100. The molecule has 0 fully saturated rings. The largest absolute Gasteiger partial charge is 0.462 e. The predicted octanol–water partition coefficient (Wildman–Crippen LogP) is 0.419. The van der Waals surface area contributed by atoms with Crippen molar-refractivity contribution in [1.82, 2.24) is 0 Å². The number of rotatable bonds is 2. The van der Waals surface area contributed by atoms with Gasteiger partial charge in [-0.25, -0.2) is 0 Å². The normalized spacial score (nSPS) is 24.8. The summed E-state index contributed by atoms with van der Waals surface area (Å²) in [7, 11) is 0. The smallest absolute Gasteiger partial charge is 0.296 e. The van der Waals surface area contributed by atoms with Gasteiger partial charge in [-0.2, -0.15) is 0 Å². The summed E-state index contributed by atoms with van der Waals surface area (Å²) in [6.07, 6.45) is 3.62. The van der Waals surface area contributed by atoms with E-state index in [-0.39, 0.29) is 6.29 Å². The van der Waals surface area contributed by atoms with Crippen LogP contribution in [0, 0.1) is 0 Å². The fourth-order valence-electron chi connectivity index (χ4n) is 0.515. The zero-order valence-electron chi connectivity index (χ0n) is 4.24. The summed E-state index contributed by atoms with van der Waals surface area (Å²) in [5.74, 6) is 0. The van der Waals surface area contributed by atoms with Crippen LogP contribution in [0.4, 0.5) is 0 Å². The van der Waals surface area contributed by atoms with Crippen LogP contribution in [0.25, 0.3) is 0 Å². The Morgan fingerprint density at radius 2 is 2.75 bits per heavy atom. The maximum Gasteiger partial charge on any atom is 0.296 e. The van der Waals surface area contributed by atoms with Gasteiger partial charge in [-0.1, -0.05) is 0 Å². The van der Waals surface area contributed by atoms with Crippen LogP contribution in [-0.4, -0.2) is 12.8 Å². The monoisotopic (exact) mass is 114 g/mol. The van der Waals surface area contributed by atoms with Crippen molar-refractivity contribution in [3.8, 4) is 0 Å². The molecule has 44 valence electrons. The SMILES string of the molecule is O=COC1CC=CO1. The zero-order chi connectivity index (χ0) is 5.82. The molecule has 0 bridgehead atoms. The van der Waals surface area contributed by atoms with Crippen LogP contribution in [0.15, 0.2) is 12.3 Å². The molecule has 3 nitrogen and oxygen atoms in total. The van der Waals surface area contributed by atoms with E-state index in [1.54, 1.807) is 6.08 Å². The minimum Gasteiger partial charge on any atom is -0.462 e. The topological polar surface area (TPSA) is 35.5 Å². The molecule has 0 radical (unpaired) electrons. The summed E-state index contributed by atoms with van der Waals surface area (Å²) in [5.41, 5.74) is 0. The fourth-order valence-corrected chi connectivity index (χ4v) is 0.515. The van der Waals surface area contributed by atoms with Crippen molar-refractivity contribution >= 4 is 6.47 Å². The quantitative estimate of drug-likeness (QED) is 0.488. The van der Waals surface area contributed by atoms with Crippen molar-refractivity contribution in [3.63, 3.8) is 0 Å². The Morgan fingerprint density at radius 3 is 3.25 bits per heavy atom. The van der Waals surface area contributed by atoms with Crippen molar-refractivity contribution in [2.45, 2.75) is 12.7 Å². The van der Waals surface area contributed by atoms with E-state index in [4.69, 9.17) is 4.74 Å². The van der Waals surface area contributed by atoms with Crippen molar-refractivity contribution < 1.29 is 14.3 Å². The molecule has 1 unspecified atom stereocenters. The van der Waals surface area contributed by atoms with Gasteiger partial charge in [0.15, 0.2) is 0 Å². The molecule has 0 aromatic rings. The van der Waals surface area contributed by atoms with E-state index >= 15 is 0 Å². The minimum atomic E-state index is -0.368. The molecule has 0 aromatic carbocycles. The number of ether oxygens (including phenoxy) is 2. The summed E-state index contributed by atoms with van der Waals surface area (Å²) < 4.78 is 9.20. The van der Waals surface area contributed by atoms with Crippen LogP contribution in [-0.2, 0) is 14.3 Å². The Balaban J connectivity index is 2.19. The third-order valence-corrected chi connectivity index (χ3v) is 0.862. The van der Waals surface area contributed by atoms with E-state index in [2.05, 4.69) is 4.74 Å². The second-order valence-electron chi connectivity index (χ2n) is 1.41. The summed E-state index contributed by atoms with van der Waals surface area (Å²) in [4.78, 5) is 9.63. The van der Waals surface area contributed by atoms with Gasteiger partial charge in [0, 0.05) is 6.42 Å². The van der Waals surface area contributed by atoms with E-state index in [0.717, 1.165) is 0 Å². The van der Waals surface area contributed by atoms with Crippen molar-refractivity contribution in [2.24, 2.45) is 0 Å². The van der Waals surface area contributed by atoms with Gasteiger partial charge in [0.05, 0.1) is 6.26 Å². The first kappa shape index (κ1) is 5.15. The highest BCUT2D eigenvalue weighted by atomic mass is 16.7. The number of carbonyl (C=O) groups excluding carboxylic acids is 1. The van der Waals surface area contributed by atoms with Gasteiger partial charge in [-0.15, -0.1) is 0 Å². The molecule has 1 aliphatic heterocycles. The first-order valence-electron chi connectivity index (χ1n) is 2.33. The standard InChI is InChI=1S/C5H6O3/c6-4-8-5-2-1-3-7-5/h1,3-5H,2H2. The lowest BCUT2D eigenvalue weighted by Gasteiger charge is -2.04. The van der Waals surface area contributed by atoms with E-state index in [9.17, 15) is 4.79 Å². The van der Waals surface area contributed by atoms with E-state index in [0.29, 0.717) is 12.9 Å². The fraction of sp³-hybridized carbons (Fsp3) is 0.400. The van der Waals surface area contributed by atoms with Gasteiger partial charge in [-0.05, 0) is 6.08 Å². The maximum absolute atomic E-state index is 9.63. The lowest BCUT2D eigenvalue weighted by atomic mass is 10.4. The molecule has 1 heterocycles. The second kappa shape index (κ2) is 2.35. The predicted molar refractivity (Wildman–Crippen MR) is 25.8 cm³/mol. The van der Waals surface area contributed by atoms with Crippen LogP contribution in [0.2, 0.25) is 0 Å². The van der Waals surface area contributed by atoms with Gasteiger partial charge < -0.3 is 9.47 Å². The van der Waals surface area contributed by atoms with Crippen LogP contribution < -0.4 is 0 Å². The zero-order valence-corrected chi connectivity index (χ0v) is 4.24. The second-order valence-corrected chi connectivity index (χ2v) is 1.41. The average Bonchev–Trinajstić information content (AvgIpc) is 2.19. The first-order chi connectivity index (χ1) is 3.93. The van der Waals surface area contributed by atoms with Gasteiger partial charge in [0.1, 0.15) is 0 Å². The summed E-state index contributed by atoms with van der Waals surface area (Å²) >= 11 is 0. The third-order valence-electron chi connectivity index (χ3n) is 0.862. The molecule has 1 atom stereocenters. The molecule has 0 saturated heterocycles. The highest BCUT2D eigenvalue weighted by molar-refractivity contribution is 5.37. The number of hydrogen-bond donors (Lipinski definition) is 0. The lowest BCUT2D eigenvalue weighted by Crippen LogP contribution is -2.07. The highest BCUT2D eigenvalue weighted by Crippen LogP contribution is 2.07. The molecular formula is C5H6O3. The Kier molecular flexibility index (Phi) is 1.51. The van der Waals surface area contributed by atoms with Gasteiger partial charge in [0.2, 0.25) is 6.29 Å². The Morgan fingerprint density at radius 1 is 1.88 bits per heavy atom. The molecule has 0 aliphatic carbocycles. The van der Waals surface area contributed by atoms with Crippen molar-refractivity contribution in [1.29, 1.82) is 0 Å². The molecule has 3 heteroatoms. The molecule has 1 aliphatic rings. The molecule has 0 spiro atoms. The van der Waals surface area contributed by atoms with Crippen molar-refractivity contribution in [2.75, 3.05) is 0 Å². The number of hydrogen-bond acceptors (Lipinski definition) is 3. The Hall–Kier alpha value is -0.990. The third kappa shape index (κ3) is 0.992. The van der Waals surface area contributed by atoms with E-state index < -0.39 is 0 Å². The van der Waals surface area contributed by atoms with E-state index in [1.807, 2.05) is 0 Å². The number of carbonyl (C=O) groups is 1. The molecule has 0 N–H and O–H groups in total. The Labute approximate surface area is 46.9 Å². The molecular weight excluding hydrogens is 108 g/mol. The van der Waals surface area contributed by atoms with E-state index in [1.165, 1.54) is 6.26 Å². The lowest BCUT2D eigenvalue weighted by molar-refractivity contribution is -0.149.